The quantitative estimate of drug-likeness (QED) is 0.768. The Labute approximate surface area is 158 Å². The van der Waals surface area contributed by atoms with E-state index in [4.69, 9.17) is 4.74 Å². The molecule has 5 rings (SSSR count). The molecule has 2 fully saturated rings. The van der Waals surface area contributed by atoms with Crippen LogP contribution in [0.2, 0.25) is 0 Å². The zero-order chi connectivity index (χ0) is 18.4. The molecule has 3 atom stereocenters. The van der Waals surface area contributed by atoms with Crippen molar-refractivity contribution in [1.29, 1.82) is 0 Å². The molecule has 7 nitrogen and oxygen atoms in total. The molecule has 2 aliphatic rings. The first kappa shape index (κ1) is 16.4. The number of aromatic nitrogens is 4. The van der Waals surface area contributed by atoms with E-state index in [0.717, 1.165) is 35.8 Å². The Morgan fingerprint density at radius 1 is 1.15 bits per heavy atom. The minimum absolute atomic E-state index is 0.522. The second kappa shape index (κ2) is 6.40. The van der Waals surface area contributed by atoms with Crippen molar-refractivity contribution in [1.82, 2.24) is 19.9 Å². The SMILES string of the molecule is COc1cccc(N2CC3CC(N(C)c4ncnc5[nH]ccc45)C[C@@H]3C2)n1. The Morgan fingerprint density at radius 2 is 1.96 bits per heavy atom. The highest BCUT2D eigenvalue weighted by Gasteiger charge is 2.43. The number of anilines is 2. The summed E-state index contributed by atoms with van der Waals surface area (Å²) in [6.45, 7) is 2.14. The number of methoxy groups -OCH3 is 1. The standard InChI is InChI=1S/C20H24N6O/c1-25(20-16-6-7-21-19(16)22-12-23-20)15-8-13-10-26(11-14(13)9-15)17-4-3-5-18(24-17)27-2/h3-7,12-15H,8-11H2,1-2H3,(H,21,22,23)/t13-,14?,15?/m1/s1. The van der Waals surface area contributed by atoms with Crippen molar-refractivity contribution in [2.45, 2.75) is 18.9 Å². The van der Waals surface area contributed by atoms with Gasteiger partial charge in [-0.1, -0.05) is 6.07 Å². The number of ether oxygens (including phenoxy) is 1. The van der Waals surface area contributed by atoms with Crippen LogP contribution in [0.15, 0.2) is 36.8 Å². The molecule has 0 aromatic carbocycles. The maximum atomic E-state index is 5.28. The van der Waals surface area contributed by atoms with Crippen molar-refractivity contribution in [3.05, 3.63) is 36.8 Å². The second-order valence-corrected chi connectivity index (χ2v) is 7.64. The topological polar surface area (TPSA) is 70.2 Å². The first-order valence-corrected chi connectivity index (χ1v) is 9.50. The van der Waals surface area contributed by atoms with Gasteiger partial charge >= 0.3 is 0 Å². The molecule has 1 N–H and O–H groups in total. The lowest BCUT2D eigenvalue weighted by Crippen LogP contribution is -2.33. The Kier molecular flexibility index (Phi) is 3.88. The number of H-pyrrole nitrogens is 1. The average molecular weight is 364 g/mol. The highest BCUT2D eigenvalue weighted by Crippen LogP contribution is 2.42. The van der Waals surface area contributed by atoms with Gasteiger partial charge in [0.05, 0.1) is 12.5 Å². The summed E-state index contributed by atoms with van der Waals surface area (Å²) in [6.07, 6.45) is 5.96. The zero-order valence-corrected chi connectivity index (χ0v) is 15.7. The van der Waals surface area contributed by atoms with Gasteiger partial charge in [0, 0.05) is 38.4 Å². The van der Waals surface area contributed by atoms with Crippen LogP contribution in [0.3, 0.4) is 0 Å². The van der Waals surface area contributed by atoms with Gasteiger partial charge in [0.2, 0.25) is 5.88 Å². The van der Waals surface area contributed by atoms with Crippen molar-refractivity contribution in [2.24, 2.45) is 11.8 Å². The number of nitrogens with zero attached hydrogens (tertiary/aromatic N) is 5. The molecule has 140 valence electrons. The summed E-state index contributed by atoms with van der Waals surface area (Å²) in [6, 6.07) is 8.58. The Balaban J connectivity index is 1.30. The van der Waals surface area contributed by atoms with Gasteiger partial charge in [-0.3, -0.25) is 0 Å². The highest BCUT2D eigenvalue weighted by molar-refractivity contribution is 5.87. The smallest absolute Gasteiger partial charge is 0.214 e. The van der Waals surface area contributed by atoms with Gasteiger partial charge in [-0.25, -0.2) is 9.97 Å². The lowest BCUT2D eigenvalue weighted by atomic mass is 10.0. The predicted molar refractivity (Wildman–Crippen MR) is 105 cm³/mol. The molecule has 27 heavy (non-hydrogen) atoms. The van der Waals surface area contributed by atoms with Crippen LogP contribution >= 0.6 is 0 Å². The van der Waals surface area contributed by atoms with Gasteiger partial charge in [-0.05, 0) is 36.8 Å². The largest absolute Gasteiger partial charge is 0.481 e. The van der Waals surface area contributed by atoms with Crippen LogP contribution in [0, 0.1) is 11.8 Å². The van der Waals surface area contributed by atoms with Crippen LogP contribution in [0.4, 0.5) is 11.6 Å². The summed E-state index contributed by atoms with van der Waals surface area (Å²) in [5.41, 5.74) is 0.903. The number of pyridine rings is 1. The van der Waals surface area contributed by atoms with Crippen molar-refractivity contribution < 1.29 is 4.74 Å². The van der Waals surface area contributed by atoms with Gasteiger partial charge in [0.1, 0.15) is 23.6 Å². The minimum Gasteiger partial charge on any atom is -0.481 e. The van der Waals surface area contributed by atoms with Crippen molar-refractivity contribution >= 4 is 22.7 Å². The number of hydrogen-bond acceptors (Lipinski definition) is 6. The average Bonchev–Trinajstić information content (AvgIpc) is 3.41. The molecule has 3 aromatic heterocycles. The summed E-state index contributed by atoms with van der Waals surface area (Å²) in [5, 5.41) is 1.10. The first-order chi connectivity index (χ1) is 13.2. The van der Waals surface area contributed by atoms with Gasteiger partial charge in [-0.2, -0.15) is 4.98 Å². The number of fused-ring (bicyclic) bond motifs is 2. The fraction of sp³-hybridized carbons (Fsp3) is 0.450. The predicted octanol–water partition coefficient (Wildman–Crippen LogP) is 2.71. The fourth-order valence-corrected chi connectivity index (χ4v) is 4.78. The number of nitrogens with one attached hydrogen (secondary N) is 1. The molecular weight excluding hydrogens is 340 g/mol. The summed E-state index contributed by atoms with van der Waals surface area (Å²) in [4.78, 5) is 21.4. The third kappa shape index (κ3) is 2.78. The van der Waals surface area contributed by atoms with Gasteiger partial charge in [0.15, 0.2) is 0 Å². The van der Waals surface area contributed by atoms with E-state index in [2.05, 4.69) is 48.9 Å². The van der Waals surface area contributed by atoms with Crippen LogP contribution in [0.25, 0.3) is 11.0 Å². The van der Waals surface area contributed by atoms with Crippen LogP contribution in [-0.4, -0.2) is 53.2 Å². The Morgan fingerprint density at radius 3 is 2.74 bits per heavy atom. The van der Waals surface area contributed by atoms with Crippen LogP contribution in [0.5, 0.6) is 5.88 Å². The van der Waals surface area contributed by atoms with E-state index in [1.807, 2.05) is 18.3 Å². The van der Waals surface area contributed by atoms with E-state index in [0.29, 0.717) is 23.8 Å². The van der Waals surface area contributed by atoms with Crippen molar-refractivity contribution in [3.63, 3.8) is 0 Å². The second-order valence-electron chi connectivity index (χ2n) is 7.64. The number of hydrogen-bond donors (Lipinski definition) is 1. The van der Waals surface area contributed by atoms with Crippen LogP contribution in [0.1, 0.15) is 12.8 Å². The zero-order valence-electron chi connectivity index (χ0n) is 15.7. The van der Waals surface area contributed by atoms with Gasteiger partial charge in [-0.15, -0.1) is 0 Å². The van der Waals surface area contributed by atoms with Crippen molar-refractivity contribution in [2.75, 3.05) is 37.0 Å². The van der Waals surface area contributed by atoms with E-state index < -0.39 is 0 Å². The molecule has 1 aliphatic carbocycles. The van der Waals surface area contributed by atoms with Gasteiger partial charge < -0.3 is 19.5 Å². The molecule has 0 radical (unpaired) electrons. The summed E-state index contributed by atoms with van der Waals surface area (Å²) in [7, 11) is 3.84. The molecule has 1 saturated carbocycles. The summed E-state index contributed by atoms with van der Waals surface area (Å²) in [5.74, 6) is 4.14. The Hall–Kier alpha value is -2.83. The van der Waals surface area contributed by atoms with Crippen LogP contribution in [-0.2, 0) is 0 Å². The maximum absolute atomic E-state index is 5.28. The molecule has 2 unspecified atom stereocenters. The molecule has 4 heterocycles. The lowest BCUT2D eigenvalue weighted by molar-refractivity contribution is 0.398. The maximum Gasteiger partial charge on any atom is 0.214 e. The van der Waals surface area contributed by atoms with Crippen LogP contribution < -0.4 is 14.5 Å². The van der Waals surface area contributed by atoms with E-state index >= 15 is 0 Å². The molecule has 1 aliphatic heterocycles. The van der Waals surface area contributed by atoms with E-state index in [-0.39, 0.29) is 0 Å². The van der Waals surface area contributed by atoms with Crippen molar-refractivity contribution in [3.8, 4) is 5.88 Å². The third-order valence-electron chi connectivity index (χ3n) is 6.18. The molecule has 7 heteroatoms. The monoisotopic (exact) mass is 364 g/mol. The molecule has 1 saturated heterocycles. The lowest BCUT2D eigenvalue weighted by Gasteiger charge is -2.28. The van der Waals surface area contributed by atoms with E-state index in [1.54, 1.807) is 13.4 Å². The fourth-order valence-electron chi connectivity index (χ4n) is 4.78. The van der Waals surface area contributed by atoms with Gasteiger partial charge in [0.25, 0.3) is 0 Å². The number of aromatic amines is 1. The molecule has 0 spiro atoms. The minimum atomic E-state index is 0.522. The number of rotatable bonds is 4. The van der Waals surface area contributed by atoms with E-state index in [9.17, 15) is 0 Å². The normalized spacial score (nSPS) is 24.4. The molecular formula is C20H24N6O. The summed E-state index contributed by atoms with van der Waals surface area (Å²) >= 11 is 0. The molecule has 3 aromatic rings. The molecule has 0 bridgehead atoms. The first-order valence-electron chi connectivity index (χ1n) is 9.50. The Bertz CT molecular complexity index is 942. The third-order valence-corrected chi connectivity index (χ3v) is 6.18. The molecule has 0 amide bonds. The van der Waals surface area contributed by atoms with E-state index in [1.165, 1.54) is 12.8 Å². The highest BCUT2D eigenvalue weighted by atomic mass is 16.5. The summed E-state index contributed by atoms with van der Waals surface area (Å²) < 4.78 is 5.28.